The molecule has 2 aromatic rings. The highest BCUT2D eigenvalue weighted by Gasteiger charge is 2.20. The van der Waals surface area contributed by atoms with Gasteiger partial charge in [-0.3, -0.25) is 4.99 Å². The fourth-order valence-corrected chi connectivity index (χ4v) is 2.49. The van der Waals surface area contributed by atoms with Crippen LogP contribution in [0.3, 0.4) is 0 Å². The van der Waals surface area contributed by atoms with Gasteiger partial charge in [-0.2, -0.15) is 0 Å². The summed E-state index contributed by atoms with van der Waals surface area (Å²) in [4.78, 5) is 4.71. The van der Waals surface area contributed by atoms with Crippen molar-refractivity contribution in [2.45, 2.75) is 19.3 Å². The minimum atomic E-state index is 0.558. The number of rotatable bonds is 2. The van der Waals surface area contributed by atoms with Crippen LogP contribution in [-0.4, -0.2) is 12.3 Å². The normalized spacial score (nSPS) is 18.7. The molecule has 0 saturated carbocycles. The molecule has 0 spiro atoms. The Morgan fingerprint density at radius 1 is 0.944 bits per heavy atom. The Morgan fingerprint density at radius 2 is 1.67 bits per heavy atom. The molecule has 0 aromatic heterocycles. The Morgan fingerprint density at radius 3 is 2.39 bits per heavy atom. The summed E-state index contributed by atoms with van der Waals surface area (Å²) < 4.78 is 0. The van der Waals surface area contributed by atoms with Gasteiger partial charge in [0, 0.05) is 18.2 Å². The molecule has 1 aliphatic rings. The topological polar surface area (TPSA) is 12.4 Å². The Balaban J connectivity index is 1.77. The highest BCUT2D eigenvalue weighted by atomic mass is 14.8. The smallest absolute Gasteiger partial charge is 0.0465 e. The second kappa shape index (κ2) is 4.77. The van der Waals surface area contributed by atoms with Crippen LogP contribution in [0.2, 0.25) is 0 Å². The van der Waals surface area contributed by atoms with Crippen molar-refractivity contribution in [2.75, 3.05) is 6.54 Å². The zero-order valence-corrected chi connectivity index (χ0v) is 10.6. The molecule has 1 nitrogen and oxygen atoms in total. The molecule has 1 atom stereocenters. The molecule has 0 N–H and O–H groups in total. The van der Waals surface area contributed by atoms with Gasteiger partial charge in [-0.15, -0.1) is 0 Å². The predicted octanol–water partition coefficient (Wildman–Crippen LogP) is 3.97. The molecular formula is C17H17N. The van der Waals surface area contributed by atoms with Gasteiger partial charge in [0.1, 0.15) is 0 Å². The summed E-state index contributed by atoms with van der Waals surface area (Å²) in [6, 6.07) is 19.4. The molecule has 1 heterocycles. The molecular weight excluding hydrogens is 218 g/mol. The summed E-state index contributed by atoms with van der Waals surface area (Å²) in [5, 5.41) is 0. The third kappa shape index (κ3) is 2.21. The lowest BCUT2D eigenvalue weighted by Gasteiger charge is -2.08. The number of benzene rings is 2. The molecule has 1 heteroatoms. The van der Waals surface area contributed by atoms with Crippen molar-refractivity contribution in [3.05, 3.63) is 71.3 Å². The molecule has 1 aliphatic heterocycles. The monoisotopic (exact) mass is 235 g/mol. The van der Waals surface area contributed by atoms with Crippen molar-refractivity contribution in [2.24, 2.45) is 4.99 Å². The second-order valence-corrected chi connectivity index (χ2v) is 4.97. The maximum atomic E-state index is 4.71. The summed E-state index contributed by atoms with van der Waals surface area (Å²) in [7, 11) is 0. The first-order valence-corrected chi connectivity index (χ1v) is 6.48. The fourth-order valence-electron chi connectivity index (χ4n) is 2.49. The van der Waals surface area contributed by atoms with Gasteiger partial charge in [0.05, 0.1) is 0 Å². The molecule has 0 radical (unpaired) electrons. The van der Waals surface area contributed by atoms with Gasteiger partial charge >= 0.3 is 0 Å². The molecule has 0 amide bonds. The second-order valence-electron chi connectivity index (χ2n) is 4.97. The van der Waals surface area contributed by atoms with Crippen LogP contribution >= 0.6 is 0 Å². The molecule has 18 heavy (non-hydrogen) atoms. The molecule has 1 unspecified atom stereocenters. The number of hydrogen-bond donors (Lipinski definition) is 0. The summed E-state index contributed by atoms with van der Waals surface area (Å²) in [5.41, 5.74) is 5.24. The molecule has 0 saturated heterocycles. The molecule has 0 bridgehead atoms. The van der Waals surface area contributed by atoms with Gasteiger partial charge < -0.3 is 0 Å². The Hall–Kier alpha value is -1.89. The van der Waals surface area contributed by atoms with Crippen LogP contribution in [0, 0.1) is 6.92 Å². The summed E-state index contributed by atoms with van der Waals surface area (Å²) in [6.45, 7) is 3.04. The van der Waals surface area contributed by atoms with Gasteiger partial charge in [0.2, 0.25) is 0 Å². The van der Waals surface area contributed by atoms with Crippen molar-refractivity contribution in [3.63, 3.8) is 0 Å². The Kier molecular flexibility index (Phi) is 2.97. The van der Waals surface area contributed by atoms with Crippen molar-refractivity contribution < 1.29 is 0 Å². The zero-order valence-electron chi connectivity index (χ0n) is 10.6. The third-order valence-electron chi connectivity index (χ3n) is 3.60. The largest absolute Gasteiger partial charge is 0.288 e. The van der Waals surface area contributed by atoms with Gasteiger partial charge in [-0.1, -0.05) is 60.2 Å². The maximum absolute atomic E-state index is 4.71. The molecule has 2 aromatic carbocycles. The first kappa shape index (κ1) is 11.2. The van der Waals surface area contributed by atoms with Crippen LogP contribution in [0.4, 0.5) is 0 Å². The predicted molar refractivity (Wildman–Crippen MR) is 76.4 cm³/mol. The van der Waals surface area contributed by atoms with Gasteiger partial charge in [-0.25, -0.2) is 0 Å². The van der Waals surface area contributed by atoms with Crippen molar-refractivity contribution in [1.82, 2.24) is 0 Å². The van der Waals surface area contributed by atoms with Crippen LogP contribution in [-0.2, 0) is 0 Å². The number of hydrogen-bond acceptors (Lipinski definition) is 1. The van der Waals surface area contributed by atoms with E-state index in [2.05, 4.69) is 61.5 Å². The van der Waals surface area contributed by atoms with Crippen LogP contribution in [0.1, 0.15) is 29.0 Å². The van der Waals surface area contributed by atoms with E-state index < -0.39 is 0 Å². The van der Waals surface area contributed by atoms with Crippen LogP contribution in [0.25, 0.3) is 0 Å². The van der Waals surface area contributed by atoms with Crippen LogP contribution in [0.5, 0.6) is 0 Å². The van der Waals surface area contributed by atoms with E-state index in [0.717, 1.165) is 13.0 Å². The van der Waals surface area contributed by atoms with E-state index in [1.807, 2.05) is 0 Å². The van der Waals surface area contributed by atoms with E-state index >= 15 is 0 Å². The molecule has 90 valence electrons. The van der Waals surface area contributed by atoms with E-state index in [-0.39, 0.29) is 0 Å². The molecule has 0 fully saturated rings. The molecule has 3 rings (SSSR count). The first-order valence-electron chi connectivity index (χ1n) is 6.48. The van der Waals surface area contributed by atoms with Gasteiger partial charge in [0.25, 0.3) is 0 Å². The lowest BCUT2D eigenvalue weighted by molar-refractivity contribution is 0.779. The summed E-state index contributed by atoms with van der Waals surface area (Å²) >= 11 is 0. The summed E-state index contributed by atoms with van der Waals surface area (Å²) in [6.07, 6.45) is 1.06. The molecule has 0 aliphatic carbocycles. The van der Waals surface area contributed by atoms with Gasteiger partial charge in [0.15, 0.2) is 0 Å². The fraction of sp³-hybridized carbons (Fsp3) is 0.235. The Bertz CT molecular complexity index is 552. The quantitative estimate of drug-likeness (QED) is 0.746. The minimum absolute atomic E-state index is 0.558. The minimum Gasteiger partial charge on any atom is -0.288 e. The number of aliphatic imine (C=N–C) groups is 1. The lowest BCUT2D eigenvalue weighted by Crippen LogP contribution is -2.01. The zero-order chi connectivity index (χ0) is 12.4. The van der Waals surface area contributed by atoms with E-state index in [0.29, 0.717) is 5.92 Å². The SMILES string of the molecule is Cc1ccc(C2=NCC(c3ccccc3)C2)cc1. The van der Waals surface area contributed by atoms with Crippen molar-refractivity contribution in [1.29, 1.82) is 0 Å². The average molecular weight is 235 g/mol. The number of aryl methyl sites for hydroxylation is 1. The number of nitrogens with zero attached hydrogens (tertiary/aromatic N) is 1. The van der Waals surface area contributed by atoms with E-state index in [1.54, 1.807) is 0 Å². The van der Waals surface area contributed by atoms with Gasteiger partial charge in [-0.05, 0) is 24.5 Å². The average Bonchev–Trinajstić information content (AvgIpc) is 2.90. The van der Waals surface area contributed by atoms with Crippen LogP contribution < -0.4 is 0 Å². The first-order chi connectivity index (χ1) is 8.83. The standard InChI is InChI=1S/C17H17N/c1-13-7-9-15(10-8-13)17-11-16(12-18-17)14-5-3-2-4-6-14/h2-10,16H,11-12H2,1H3. The summed E-state index contributed by atoms with van der Waals surface area (Å²) in [5.74, 6) is 0.558. The lowest BCUT2D eigenvalue weighted by atomic mass is 9.94. The van der Waals surface area contributed by atoms with Crippen molar-refractivity contribution >= 4 is 5.71 Å². The third-order valence-corrected chi connectivity index (χ3v) is 3.60. The Labute approximate surface area is 108 Å². The van der Waals surface area contributed by atoms with Crippen molar-refractivity contribution in [3.8, 4) is 0 Å². The highest BCUT2D eigenvalue weighted by molar-refractivity contribution is 6.02. The van der Waals surface area contributed by atoms with E-state index in [9.17, 15) is 0 Å². The van der Waals surface area contributed by atoms with E-state index in [4.69, 9.17) is 4.99 Å². The highest BCUT2D eigenvalue weighted by Crippen LogP contribution is 2.27. The van der Waals surface area contributed by atoms with Crippen LogP contribution in [0.15, 0.2) is 59.6 Å². The van der Waals surface area contributed by atoms with E-state index in [1.165, 1.54) is 22.4 Å². The maximum Gasteiger partial charge on any atom is 0.0465 e.